The van der Waals surface area contributed by atoms with E-state index in [1.165, 1.54) is 0 Å². The van der Waals surface area contributed by atoms with E-state index in [0.29, 0.717) is 12.2 Å². The molecule has 0 aliphatic carbocycles. The molecule has 3 aromatic rings. The van der Waals surface area contributed by atoms with Gasteiger partial charge in [-0.15, -0.1) is 5.10 Å². The van der Waals surface area contributed by atoms with Crippen molar-refractivity contribution >= 4 is 5.91 Å². The zero-order chi connectivity index (χ0) is 14.7. The Morgan fingerprint density at radius 2 is 2.14 bits per heavy atom. The molecule has 2 heterocycles. The van der Waals surface area contributed by atoms with Crippen LogP contribution in [0.1, 0.15) is 16.1 Å². The summed E-state index contributed by atoms with van der Waals surface area (Å²) in [6.45, 7) is 0.466. The van der Waals surface area contributed by atoms with E-state index in [-0.39, 0.29) is 5.91 Å². The van der Waals surface area contributed by atoms with Crippen LogP contribution >= 0.6 is 0 Å². The predicted molar refractivity (Wildman–Crippen MR) is 75.7 cm³/mol. The van der Waals surface area contributed by atoms with Crippen molar-refractivity contribution in [1.29, 1.82) is 0 Å². The number of hydrogen-bond acceptors (Lipinski definition) is 4. The molecule has 2 aromatic heterocycles. The zero-order valence-electron chi connectivity index (χ0n) is 11.5. The molecule has 0 saturated heterocycles. The fraction of sp³-hybridized carbons (Fsp3) is 0.143. The van der Waals surface area contributed by atoms with Crippen LogP contribution in [0, 0.1) is 0 Å². The number of benzene rings is 1. The SMILES string of the molecule is CN(Cc1cn[nH]c1)C(=O)c1cn(-c2ccccc2)nn1. The molecule has 0 radical (unpaired) electrons. The molecule has 106 valence electrons. The second-order valence-corrected chi connectivity index (χ2v) is 4.65. The van der Waals surface area contributed by atoms with Crippen LogP contribution in [0.3, 0.4) is 0 Å². The molecule has 7 nitrogen and oxygen atoms in total. The number of hydrogen-bond donors (Lipinski definition) is 1. The summed E-state index contributed by atoms with van der Waals surface area (Å²) < 4.78 is 1.58. The summed E-state index contributed by atoms with van der Waals surface area (Å²) in [5, 5.41) is 14.5. The smallest absolute Gasteiger partial charge is 0.276 e. The van der Waals surface area contributed by atoms with E-state index in [0.717, 1.165) is 11.3 Å². The zero-order valence-corrected chi connectivity index (χ0v) is 11.5. The first-order chi connectivity index (χ1) is 10.2. The van der Waals surface area contributed by atoms with Crippen molar-refractivity contribution < 1.29 is 4.79 Å². The number of nitrogens with one attached hydrogen (secondary N) is 1. The molecule has 0 spiro atoms. The van der Waals surface area contributed by atoms with Crippen molar-refractivity contribution in [3.05, 3.63) is 60.2 Å². The van der Waals surface area contributed by atoms with Gasteiger partial charge < -0.3 is 4.90 Å². The van der Waals surface area contributed by atoms with Crippen LogP contribution in [-0.4, -0.2) is 43.0 Å². The van der Waals surface area contributed by atoms with Crippen molar-refractivity contribution in [1.82, 2.24) is 30.1 Å². The Kier molecular flexibility index (Phi) is 3.46. The van der Waals surface area contributed by atoms with Gasteiger partial charge in [0, 0.05) is 25.4 Å². The minimum absolute atomic E-state index is 0.182. The van der Waals surface area contributed by atoms with Gasteiger partial charge in [0.15, 0.2) is 5.69 Å². The topological polar surface area (TPSA) is 79.7 Å². The van der Waals surface area contributed by atoms with Gasteiger partial charge in [-0.2, -0.15) is 5.10 Å². The van der Waals surface area contributed by atoms with Crippen LogP contribution in [0.5, 0.6) is 0 Å². The van der Waals surface area contributed by atoms with E-state index in [4.69, 9.17) is 0 Å². The maximum Gasteiger partial charge on any atom is 0.276 e. The first-order valence-electron chi connectivity index (χ1n) is 6.45. The second-order valence-electron chi connectivity index (χ2n) is 4.65. The van der Waals surface area contributed by atoms with E-state index in [1.807, 2.05) is 30.3 Å². The lowest BCUT2D eigenvalue weighted by molar-refractivity contribution is 0.0779. The van der Waals surface area contributed by atoms with Crippen molar-refractivity contribution in [3.8, 4) is 5.69 Å². The largest absolute Gasteiger partial charge is 0.336 e. The molecule has 0 saturated carbocycles. The average molecular weight is 282 g/mol. The summed E-state index contributed by atoms with van der Waals surface area (Å²) in [5.74, 6) is -0.182. The number of para-hydroxylation sites is 1. The lowest BCUT2D eigenvalue weighted by Crippen LogP contribution is -2.26. The van der Waals surface area contributed by atoms with Crippen LogP contribution in [-0.2, 0) is 6.54 Å². The van der Waals surface area contributed by atoms with Crippen LogP contribution in [0.2, 0.25) is 0 Å². The van der Waals surface area contributed by atoms with E-state index in [9.17, 15) is 4.79 Å². The molecule has 1 N–H and O–H groups in total. The summed E-state index contributed by atoms with van der Waals surface area (Å²) in [7, 11) is 1.72. The van der Waals surface area contributed by atoms with Crippen LogP contribution in [0.25, 0.3) is 5.69 Å². The number of rotatable bonds is 4. The molecule has 7 heteroatoms. The monoisotopic (exact) mass is 282 g/mol. The van der Waals surface area contributed by atoms with Crippen LogP contribution < -0.4 is 0 Å². The molecule has 0 bridgehead atoms. The maximum atomic E-state index is 12.3. The molecule has 1 aromatic carbocycles. The Labute approximate surface area is 121 Å². The molecular formula is C14H14N6O. The minimum atomic E-state index is -0.182. The highest BCUT2D eigenvalue weighted by Crippen LogP contribution is 2.08. The summed E-state index contributed by atoms with van der Waals surface area (Å²) >= 11 is 0. The quantitative estimate of drug-likeness (QED) is 0.781. The Morgan fingerprint density at radius 1 is 1.33 bits per heavy atom. The van der Waals surface area contributed by atoms with Gasteiger partial charge in [-0.1, -0.05) is 23.4 Å². The number of amides is 1. The van der Waals surface area contributed by atoms with Gasteiger partial charge in [-0.05, 0) is 12.1 Å². The Bertz CT molecular complexity index is 719. The molecular weight excluding hydrogens is 268 g/mol. The third-order valence-corrected chi connectivity index (χ3v) is 3.05. The van der Waals surface area contributed by atoms with Crippen molar-refractivity contribution in [2.24, 2.45) is 0 Å². The number of carbonyl (C=O) groups excluding carboxylic acids is 1. The van der Waals surface area contributed by atoms with Gasteiger partial charge >= 0.3 is 0 Å². The summed E-state index contributed by atoms with van der Waals surface area (Å²) in [5.41, 5.74) is 2.10. The Balaban J connectivity index is 1.75. The van der Waals surface area contributed by atoms with E-state index >= 15 is 0 Å². The van der Waals surface area contributed by atoms with Crippen LogP contribution in [0.4, 0.5) is 0 Å². The molecule has 21 heavy (non-hydrogen) atoms. The van der Waals surface area contributed by atoms with Gasteiger partial charge in [-0.3, -0.25) is 9.89 Å². The maximum absolute atomic E-state index is 12.3. The predicted octanol–water partition coefficient (Wildman–Crippen LogP) is 1.26. The highest BCUT2D eigenvalue weighted by Gasteiger charge is 2.16. The summed E-state index contributed by atoms with van der Waals surface area (Å²) in [6, 6.07) is 9.54. The van der Waals surface area contributed by atoms with E-state index in [1.54, 1.807) is 35.2 Å². The molecule has 0 fully saturated rings. The normalized spacial score (nSPS) is 10.5. The summed E-state index contributed by atoms with van der Waals surface area (Å²) in [4.78, 5) is 13.9. The average Bonchev–Trinajstić information content (AvgIpc) is 3.18. The molecule has 0 aliphatic rings. The highest BCUT2D eigenvalue weighted by molar-refractivity contribution is 5.91. The minimum Gasteiger partial charge on any atom is -0.336 e. The molecule has 0 atom stereocenters. The third kappa shape index (κ3) is 2.81. The number of aromatic amines is 1. The molecule has 3 rings (SSSR count). The molecule has 1 amide bonds. The highest BCUT2D eigenvalue weighted by atomic mass is 16.2. The van der Waals surface area contributed by atoms with Gasteiger partial charge in [-0.25, -0.2) is 4.68 Å². The van der Waals surface area contributed by atoms with Gasteiger partial charge in [0.05, 0.1) is 18.1 Å². The number of nitrogens with zero attached hydrogens (tertiary/aromatic N) is 5. The van der Waals surface area contributed by atoms with E-state index < -0.39 is 0 Å². The van der Waals surface area contributed by atoms with Gasteiger partial charge in [0.25, 0.3) is 5.91 Å². The number of aromatic nitrogens is 5. The molecule has 0 aliphatic heterocycles. The lowest BCUT2D eigenvalue weighted by atomic mass is 10.3. The first kappa shape index (κ1) is 13.0. The van der Waals surface area contributed by atoms with Gasteiger partial charge in [0.2, 0.25) is 0 Å². The second kappa shape index (κ2) is 5.58. The van der Waals surface area contributed by atoms with Crippen LogP contribution in [0.15, 0.2) is 48.9 Å². The first-order valence-corrected chi connectivity index (χ1v) is 6.45. The number of carbonyl (C=O) groups is 1. The lowest BCUT2D eigenvalue weighted by Gasteiger charge is -2.13. The van der Waals surface area contributed by atoms with E-state index in [2.05, 4.69) is 20.5 Å². The van der Waals surface area contributed by atoms with Crippen molar-refractivity contribution in [2.75, 3.05) is 7.05 Å². The Hall–Kier alpha value is -2.96. The number of H-pyrrole nitrogens is 1. The summed E-state index contributed by atoms with van der Waals surface area (Å²) in [6.07, 6.45) is 5.07. The fourth-order valence-electron chi connectivity index (χ4n) is 1.97. The standard InChI is InChI=1S/C14H14N6O/c1-19(9-11-7-15-16-8-11)14(21)13-10-20(18-17-13)12-5-3-2-4-6-12/h2-8,10H,9H2,1H3,(H,15,16). The van der Waals surface area contributed by atoms with Crippen molar-refractivity contribution in [2.45, 2.75) is 6.54 Å². The third-order valence-electron chi connectivity index (χ3n) is 3.05. The van der Waals surface area contributed by atoms with Crippen molar-refractivity contribution in [3.63, 3.8) is 0 Å². The molecule has 0 unspecified atom stereocenters. The fourth-order valence-corrected chi connectivity index (χ4v) is 1.97. The Morgan fingerprint density at radius 3 is 2.86 bits per heavy atom. The van der Waals surface area contributed by atoms with Gasteiger partial charge in [0.1, 0.15) is 0 Å².